The van der Waals surface area contributed by atoms with Crippen LogP contribution in [0.1, 0.15) is 304 Å². The molecule has 6 heteroatoms. The van der Waals surface area contributed by atoms with Crippen LogP contribution in [0.2, 0.25) is 0 Å². The molecule has 0 spiro atoms. The van der Waals surface area contributed by atoms with Crippen LogP contribution in [0.25, 0.3) is 0 Å². The van der Waals surface area contributed by atoms with Gasteiger partial charge in [-0.1, -0.05) is 272 Å². The molecule has 6 nitrogen and oxygen atoms in total. The van der Waals surface area contributed by atoms with Gasteiger partial charge in [0.1, 0.15) is 13.2 Å². The number of hydrogen-bond donors (Lipinski definition) is 0. The molecule has 60 heavy (non-hydrogen) atoms. The number of unbranched alkanes of at least 4 members (excludes halogenated alkanes) is 37. The van der Waals surface area contributed by atoms with Crippen molar-refractivity contribution in [2.75, 3.05) is 13.2 Å². The summed E-state index contributed by atoms with van der Waals surface area (Å²) in [6.45, 7) is 8.59. The lowest BCUT2D eigenvalue weighted by molar-refractivity contribution is -0.169. The van der Waals surface area contributed by atoms with Gasteiger partial charge in [0.25, 0.3) is 0 Å². The van der Waals surface area contributed by atoms with Crippen LogP contribution in [0.4, 0.5) is 0 Å². The summed E-state index contributed by atoms with van der Waals surface area (Å²) in [6, 6.07) is 0. The molecule has 0 aliphatic carbocycles. The van der Waals surface area contributed by atoms with E-state index in [0.29, 0.717) is 12.8 Å². The van der Waals surface area contributed by atoms with E-state index in [-0.39, 0.29) is 37.0 Å². The number of carbonyl (C=O) groups excluding carboxylic acids is 3. The van der Waals surface area contributed by atoms with E-state index in [1.165, 1.54) is 205 Å². The number of ether oxygens (including phenoxy) is 3. The second-order valence-electron chi connectivity index (χ2n) is 18.7. The van der Waals surface area contributed by atoms with Crippen molar-refractivity contribution in [3.63, 3.8) is 0 Å². The second kappa shape index (κ2) is 48.4. The Morgan fingerprint density at radius 1 is 0.333 bits per heavy atom. The van der Waals surface area contributed by atoms with Crippen molar-refractivity contribution in [2.24, 2.45) is 5.92 Å². The number of carbonyl (C=O) groups is 3. The molecule has 0 N–H and O–H groups in total. The van der Waals surface area contributed by atoms with Crippen molar-refractivity contribution in [2.45, 2.75) is 310 Å². The van der Waals surface area contributed by atoms with Crippen molar-refractivity contribution < 1.29 is 28.6 Å². The Labute approximate surface area is 374 Å². The molecule has 1 atom stereocenters. The van der Waals surface area contributed by atoms with E-state index in [9.17, 15) is 14.4 Å². The minimum atomic E-state index is -0.775. The van der Waals surface area contributed by atoms with Gasteiger partial charge in [-0.2, -0.15) is 0 Å². The lowest BCUT2D eigenvalue weighted by Gasteiger charge is -2.20. The van der Waals surface area contributed by atoms with Gasteiger partial charge in [-0.15, -0.1) is 0 Å². The Bertz CT molecular complexity index is 859. The third-order valence-electron chi connectivity index (χ3n) is 12.5. The lowest BCUT2D eigenvalue weighted by Crippen LogP contribution is -2.32. The van der Waals surface area contributed by atoms with Crippen LogP contribution in [0.5, 0.6) is 0 Å². The van der Waals surface area contributed by atoms with Crippen molar-refractivity contribution in [3.05, 3.63) is 0 Å². The summed E-state index contributed by atoms with van der Waals surface area (Å²) in [5.74, 6) is -1.08. The number of hydrogen-bond acceptors (Lipinski definition) is 6. The van der Waals surface area contributed by atoms with Gasteiger partial charge in [0.05, 0.1) is 5.92 Å². The molecule has 0 aromatic heterocycles. The Balaban J connectivity index is 4.42. The predicted molar refractivity (Wildman–Crippen MR) is 257 cm³/mol. The second-order valence-corrected chi connectivity index (χ2v) is 18.7. The maximum absolute atomic E-state index is 13.1. The van der Waals surface area contributed by atoms with Crippen molar-refractivity contribution >= 4 is 17.9 Å². The van der Waals surface area contributed by atoms with Gasteiger partial charge >= 0.3 is 17.9 Å². The standard InChI is InChI=1S/C54H104O6/c1-5-8-11-14-17-20-23-26-29-30-33-36-39-42-45-50(4)54(57)60-51(48-58-52(55)46-43-40-37-34-31-27-24-21-18-15-12-9-6-2)49-59-53(56)47-44-41-38-35-32-28-25-22-19-16-13-10-7-3/h50-51H,5-49H2,1-4H3. The van der Waals surface area contributed by atoms with E-state index < -0.39 is 6.10 Å². The molecule has 1 unspecified atom stereocenters. The topological polar surface area (TPSA) is 78.9 Å². The Morgan fingerprint density at radius 2 is 0.567 bits per heavy atom. The molecule has 0 aromatic carbocycles. The first-order valence-corrected chi connectivity index (χ1v) is 27.0. The average molecular weight is 849 g/mol. The van der Waals surface area contributed by atoms with Crippen LogP contribution < -0.4 is 0 Å². The van der Waals surface area contributed by atoms with Gasteiger partial charge in [-0.25, -0.2) is 0 Å². The van der Waals surface area contributed by atoms with Crippen molar-refractivity contribution in [3.8, 4) is 0 Å². The maximum Gasteiger partial charge on any atom is 0.309 e. The molecule has 0 fully saturated rings. The molecule has 0 rings (SSSR count). The van der Waals surface area contributed by atoms with E-state index in [0.717, 1.165) is 57.8 Å². The molecular weight excluding hydrogens is 745 g/mol. The molecule has 0 heterocycles. The molecule has 0 aliphatic rings. The largest absolute Gasteiger partial charge is 0.462 e. The molecule has 0 amide bonds. The Morgan fingerprint density at radius 3 is 0.833 bits per heavy atom. The fourth-order valence-corrected chi connectivity index (χ4v) is 8.25. The normalized spacial score (nSPS) is 11.9. The fraction of sp³-hybridized carbons (Fsp3) is 0.944. The fourth-order valence-electron chi connectivity index (χ4n) is 8.25. The zero-order valence-electron chi connectivity index (χ0n) is 40.9. The number of rotatable bonds is 49. The highest BCUT2D eigenvalue weighted by Crippen LogP contribution is 2.18. The third kappa shape index (κ3) is 44.5. The van der Waals surface area contributed by atoms with Gasteiger partial charge in [0, 0.05) is 12.8 Å². The number of esters is 3. The van der Waals surface area contributed by atoms with Gasteiger partial charge < -0.3 is 14.2 Å². The maximum atomic E-state index is 13.1. The van der Waals surface area contributed by atoms with E-state index in [2.05, 4.69) is 20.8 Å². The lowest BCUT2D eigenvalue weighted by atomic mass is 10.0. The van der Waals surface area contributed by atoms with Gasteiger partial charge in [-0.05, 0) is 19.3 Å². The molecular formula is C54H104O6. The highest BCUT2D eigenvalue weighted by atomic mass is 16.6. The summed E-state index contributed by atoms with van der Waals surface area (Å²) in [7, 11) is 0. The third-order valence-corrected chi connectivity index (χ3v) is 12.5. The minimum Gasteiger partial charge on any atom is -0.462 e. The molecule has 0 aliphatic heterocycles. The van der Waals surface area contributed by atoms with E-state index in [1.54, 1.807) is 0 Å². The molecule has 0 saturated carbocycles. The van der Waals surface area contributed by atoms with Crippen LogP contribution in [0, 0.1) is 5.92 Å². The zero-order valence-corrected chi connectivity index (χ0v) is 40.9. The van der Waals surface area contributed by atoms with Crippen LogP contribution in [-0.4, -0.2) is 37.2 Å². The van der Waals surface area contributed by atoms with Crippen LogP contribution in [-0.2, 0) is 28.6 Å². The smallest absolute Gasteiger partial charge is 0.309 e. The van der Waals surface area contributed by atoms with Crippen molar-refractivity contribution in [1.29, 1.82) is 0 Å². The monoisotopic (exact) mass is 849 g/mol. The SMILES string of the molecule is CCCCCCCCCCCCCCCCC(C)C(=O)OC(COC(=O)CCCCCCCCCCCCCCC)COC(=O)CCCCCCCCCCCCCCC. The first kappa shape index (κ1) is 58.4. The molecule has 356 valence electrons. The van der Waals surface area contributed by atoms with E-state index >= 15 is 0 Å². The molecule has 0 aromatic rings. The summed E-state index contributed by atoms with van der Waals surface area (Å²) in [5.41, 5.74) is 0. The van der Waals surface area contributed by atoms with Crippen LogP contribution in [0.3, 0.4) is 0 Å². The molecule has 0 radical (unpaired) electrons. The Hall–Kier alpha value is -1.59. The predicted octanol–water partition coefficient (Wildman–Crippen LogP) is 17.5. The van der Waals surface area contributed by atoms with Crippen LogP contribution >= 0.6 is 0 Å². The zero-order chi connectivity index (χ0) is 43.8. The van der Waals surface area contributed by atoms with Gasteiger partial charge in [0.15, 0.2) is 6.10 Å². The summed E-state index contributed by atoms with van der Waals surface area (Å²) >= 11 is 0. The van der Waals surface area contributed by atoms with Crippen LogP contribution in [0.15, 0.2) is 0 Å². The van der Waals surface area contributed by atoms with E-state index in [1.807, 2.05) is 6.92 Å². The van der Waals surface area contributed by atoms with Crippen molar-refractivity contribution in [1.82, 2.24) is 0 Å². The highest BCUT2D eigenvalue weighted by Gasteiger charge is 2.23. The Kier molecular flexibility index (Phi) is 47.2. The highest BCUT2D eigenvalue weighted by molar-refractivity contribution is 5.72. The first-order chi connectivity index (χ1) is 29.4. The van der Waals surface area contributed by atoms with Gasteiger partial charge in [0.2, 0.25) is 0 Å². The summed E-state index contributed by atoms with van der Waals surface area (Å²) < 4.78 is 17.0. The quantitative estimate of drug-likeness (QED) is 0.0345. The minimum absolute atomic E-state index is 0.0688. The molecule has 0 bridgehead atoms. The summed E-state index contributed by atoms with van der Waals surface area (Å²) in [4.78, 5) is 38.4. The summed E-state index contributed by atoms with van der Waals surface area (Å²) in [6.07, 6.45) is 51.7. The summed E-state index contributed by atoms with van der Waals surface area (Å²) in [5, 5.41) is 0. The van der Waals surface area contributed by atoms with Gasteiger partial charge in [-0.3, -0.25) is 14.4 Å². The first-order valence-electron chi connectivity index (χ1n) is 27.0. The average Bonchev–Trinajstić information content (AvgIpc) is 3.25. The van der Waals surface area contributed by atoms with E-state index in [4.69, 9.17) is 14.2 Å². The molecule has 0 saturated heterocycles.